The third-order valence-corrected chi connectivity index (χ3v) is 4.93. The first-order chi connectivity index (χ1) is 13.1. The summed E-state index contributed by atoms with van der Waals surface area (Å²) < 4.78 is 171. The molecule has 0 heterocycles. The molecule has 0 saturated carbocycles. The molecule has 0 aliphatic heterocycles. The highest BCUT2D eigenvalue weighted by Crippen LogP contribution is 2.61. The van der Waals surface area contributed by atoms with Gasteiger partial charge in [0.05, 0.1) is 12.0 Å². The van der Waals surface area contributed by atoms with Gasteiger partial charge in [-0.1, -0.05) is 19.1 Å². The van der Waals surface area contributed by atoms with E-state index in [9.17, 15) is 62.2 Å². The van der Waals surface area contributed by atoms with Crippen LogP contribution in [0.4, 0.5) is 57.1 Å². The third-order valence-electron chi connectivity index (χ3n) is 4.21. The van der Waals surface area contributed by atoms with Gasteiger partial charge in [-0.05, 0) is 40.3 Å². The van der Waals surface area contributed by atoms with Crippen molar-refractivity contribution < 1.29 is 62.2 Å². The van der Waals surface area contributed by atoms with Crippen molar-refractivity contribution in [1.29, 1.82) is 0 Å². The smallest absolute Gasteiger partial charge is 0.388 e. The van der Waals surface area contributed by atoms with Gasteiger partial charge in [0.25, 0.3) is 0 Å². The molecule has 0 aliphatic carbocycles. The Bertz CT molecular complexity index is 742. The van der Waals surface area contributed by atoms with E-state index in [4.69, 9.17) is 0 Å². The molecule has 0 amide bonds. The van der Waals surface area contributed by atoms with Crippen LogP contribution in [0.2, 0.25) is 0 Å². The molecule has 0 aromatic heterocycles. The fourth-order valence-electron chi connectivity index (χ4n) is 2.21. The molecule has 1 aromatic rings. The molecule has 1 aromatic carbocycles. The van der Waals surface area contributed by atoms with Gasteiger partial charge in [0.2, 0.25) is 0 Å². The molecule has 2 atom stereocenters. The number of benzene rings is 1. The highest BCUT2D eigenvalue weighted by molar-refractivity contribution is 14.1. The minimum absolute atomic E-state index is 0.00661. The Hall–Kier alpha value is -1.00. The van der Waals surface area contributed by atoms with Crippen LogP contribution in [-0.4, -0.2) is 40.9 Å². The SMILES string of the molecule is CC(C(O)c1ccc(I)cc1)C(F)(F)C(F)(F)C(F)(F)C(F)(F)C(F)(F)C(F)(F)F. The van der Waals surface area contributed by atoms with E-state index in [0.717, 1.165) is 24.3 Å². The van der Waals surface area contributed by atoms with Crippen molar-refractivity contribution in [1.82, 2.24) is 0 Å². The maximum atomic E-state index is 14.1. The Morgan fingerprint density at radius 3 is 1.40 bits per heavy atom. The van der Waals surface area contributed by atoms with Crippen LogP contribution in [0.3, 0.4) is 0 Å². The highest BCUT2D eigenvalue weighted by Gasteiger charge is 2.91. The molecular weight excluding hydrogens is 570 g/mol. The second-order valence-electron chi connectivity index (χ2n) is 6.20. The number of aliphatic hydroxyl groups excluding tert-OH is 1. The van der Waals surface area contributed by atoms with E-state index >= 15 is 0 Å². The fourth-order valence-corrected chi connectivity index (χ4v) is 2.57. The van der Waals surface area contributed by atoms with Gasteiger partial charge < -0.3 is 5.11 Å². The van der Waals surface area contributed by atoms with Crippen molar-refractivity contribution in [3.63, 3.8) is 0 Å². The normalized spacial score (nSPS) is 17.1. The molecule has 30 heavy (non-hydrogen) atoms. The van der Waals surface area contributed by atoms with Crippen molar-refractivity contribution in [2.75, 3.05) is 0 Å². The van der Waals surface area contributed by atoms with Gasteiger partial charge in [-0.25, -0.2) is 0 Å². The summed E-state index contributed by atoms with van der Waals surface area (Å²) in [4.78, 5) is 0. The lowest BCUT2D eigenvalue weighted by Crippen LogP contribution is -2.71. The number of aliphatic hydroxyl groups is 1. The lowest BCUT2D eigenvalue weighted by Gasteiger charge is -2.42. The monoisotopic (exact) mass is 580 g/mol. The van der Waals surface area contributed by atoms with Crippen LogP contribution < -0.4 is 0 Å². The molecule has 0 fully saturated rings. The third kappa shape index (κ3) is 3.95. The Morgan fingerprint density at radius 1 is 0.667 bits per heavy atom. The topological polar surface area (TPSA) is 20.2 Å². The van der Waals surface area contributed by atoms with Gasteiger partial charge in [-0.2, -0.15) is 57.1 Å². The summed E-state index contributed by atoms with van der Waals surface area (Å²) in [5.41, 5.74) is -0.561. The van der Waals surface area contributed by atoms with E-state index in [2.05, 4.69) is 0 Å². The van der Waals surface area contributed by atoms with Crippen LogP contribution in [0.15, 0.2) is 24.3 Å². The van der Waals surface area contributed by atoms with Gasteiger partial charge in [-0.3, -0.25) is 0 Å². The summed E-state index contributed by atoms with van der Waals surface area (Å²) in [5.74, 6) is -40.7. The zero-order valence-corrected chi connectivity index (χ0v) is 16.4. The predicted molar refractivity (Wildman–Crippen MR) is 84.1 cm³/mol. The second kappa shape index (κ2) is 7.85. The lowest BCUT2D eigenvalue weighted by atomic mass is 9.84. The first-order valence-electron chi connectivity index (χ1n) is 7.46. The largest absolute Gasteiger partial charge is 0.460 e. The Kier molecular flexibility index (Phi) is 7.07. The predicted octanol–water partition coefficient (Wildman–Crippen LogP) is 6.70. The van der Waals surface area contributed by atoms with Crippen molar-refractivity contribution in [3.05, 3.63) is 33.4 Å². The van der Waals surface area contributed by atoms with Gasteiger partial charge in [-0.15, -0.1) is 0 Å². The minimum atomic E-state index is -7.96. The van der Waals surface area contributed by atoms with E-state index in [-0.39, 0.29) is 6.92 Å². The molecule has 1 rings (SSSR count). The molecule has 1 nitrogen and oxygen atoms in total. The zero-order valence-electron chi connectivity index (χ0n) is 14.2. The molecule has 2 unspecified atom stereocenters. The molecule has 1 N–H and O–H groups in total. The number of hydrogen-bond donors (Lipinski definition) is 1. The van der Waals surface area contributed by atoms with E-state index in [0.29, 0.717) is 3.57 Å². The number of halogens is 14. The van der Waals surface area contributed by atoms with Gasteiger partial charge >= 0.3 is 35.8 Å². The maximum absolute atomic E-state index is 14.1. The summed E-state index contributed by atoms with van der Waals surface area (Å²) in [7, 11) is 0. The van der Waals surface area contributed by atoms with Gasteiger partial charge in [0.1, 0.15) is 0 Å². The lowest BCUT2D eigenvalue weighted by molar-refractivity contribution is -0.444. The van der Waals surface area contributed by atoms with Crippen LogP contribution in [0.25, 0.3) is 0 Å². The van der Waals surface area contributed by atoms with Crippen LogP contribution >= 0.6 is 22.6 Å². The molecule has 0 saturated heterocycles. The molecule has 0 bridgehead atoms. The van der Waals surface area contributed by atoms with Crippen LogP contribution in [0, 0.1) is 9.49 Å². The molecule has 0 aliphatic rings. The summed E-state index contributed by atoms with van der Waals surface area (Å²) in [6, 6.07) is 4.10. The van der Waals surface area contributed by atoms with Gasteiger partial charge in [0, 0.05) is 3.57 Å². The van der Waals surface area contributed by atoms with Gasteiger partial charge in [0.15, 0.2) is 0 Å². The first-order valence-corrected chi connectivity index (χ1v) is 8.54. The van der Waals surface area contributed by atoms with Crippen molar-refractivity contribution >= 4 is 22.6 Å². The number of alkyl halides is 13. The molecule has 0 spiro atoms. The minimum Gasteiger partial charge on any atom is -0.388 e. The fraction of sp³-hybridized carbons (Fsp3) is 0.600. The summed E-state index contributed by atoms with van der Waals surface area (Å²) in [5, 5.41) is 9.76. The van der Waals surface area contributed by atoms with E-state index in [1.54, 1.807) is 22.6 Å². The Labute approximate surface area is 173 Å². The average molecular weight is 580 g/mol. The molecule has 0 radical (unpaired) electrons. The van der Waals surface area contributed by atoms with Crippen LogP contribution in [-0.2, 0) is 0 Å². The summed E-state index contributed by atoms with van der Waals surface area (Å²) in [6.45, 7) is 0.00661. The van der Waals surface area contributed by atoms with E-state index < -0.39 is 53.4 Å². The van der Waals surface area contributed by atoms with Crippen molar-refractivity contribution in [3.8, 4) is 0 Å². The maximum Gasteiger partial charge on any atom is 0.460 e. The quantitative estimate of drug-likeness (QED) is 0.282. The van der Waals surface area contributed by atoms with E-state index in [1.807, 2.05) is 0 Å². The Balaban J connectivity index is 3.45. The first kappa shape index (κ1) is 27.0. The molecule has 174 valence electrons. The second-order valence-corrected chi connectivity index (χ2v) is 7.45. The van der Waals surface area contributed by atoms with Crippen molar-refractivity contribution in [2.45, 2.75) is 48.8 Å². The van der Waals surface area contributed by atoms with E-state index in [1.165, 1.54) is 0 Å². The molecular formula is C15H10F13IO. The standard InChI is InChI=1S/C15H10F13IO/c1-6(9(30)7-2-4-8(29)5-3-7)10(16,17)11(18,19)12(20,21)13(22,23)14(24,25)15(26,27)28/h2-6,9,30H,1H3. The van der Waals surface area contributed by atoms with Crippen LogP contribution in [0.1, 0.15) is 18.6 Å². The number of hydrogen-bond acceptors (Lipinski definition) is 1. The highest BCUT2D eigenvalue weighted by atomic mass is 127. The summed E-state index contributed by atoms with van der Waals surface area (Å²) >= 11 is 1.70. The summed E-state index contributed by atoms with van der Waals surface area (Å²) in [6.07, 6.45) is -10.2. The number of rotatable bonds is 7. The Morgan fingerprint density at radius 2 is 1.03 bits per heavy atom. The van der Waals surface area contributed by atoms with Crippen LogP contribution in [0.5, 0.6) is 0 Å². The zero-order chi connectivity index (χ0) is 24.1. The molecule has 15 heteroatoms. The van der Waals surface area contributed by atoms with Crippen molar-refractivity contribution in [2.24, 2.45) is 5.92 Å². The average Bonchev–Trinajstić information content (AvgIpc) is 2.59.